The van der Waals surface area contributed by atoms with E-state index in [1.165, 1.54) is 6.20 Å². The van der Waals surface area contributed by atoms with E-state index in [0.717, 1.165) is 18.9 Å². The van der Waals surface area contributed by atoms with E-state index in [1.807, 2.05) is 19.0 Å². The number of likely N-dealkylation sites (N-methyl/N-ethyl adjacent to an activating group) is 2. The molecule has 0 saturated heterocycles. The molecule has 0 fully saturated rings. The summed E-state index contributed by atoms with van der Waals surface area (Å²) in [5.41, 5.74) is 0. The largest absolute Gasteiger partial charge is 0.357 e. The van der Waals surface area contributed by atoms with Gasteiger partial charge in [-0.1, -0.05) is 11.6 Å². The van der Waals surface area contributed by atoms with Crippen molar-refractivity contribution >= 4 is 17.4 Å². The van der Waals surface area contributed by atoms with Gasteiger partial charge in [0.2, 0.25) is 0 Å². The Balaban J connectivity index is 2.60. The highest BCUT2D eigenvalue weighted by Gasteiger charge is 2.01. The maximum Gasteiger partial charge on any atom is 0.149 e. The van der Waals surface area contributed by atoms with Crippen LogP contribution in [0.2, 0.25) is 5.15 Å². The van der Waals surface area contributed by atoms with E-state index in [0.29, 0.717) is 5.15 Å². The van der Waals surface area contributed by atoms with Crippen LogP contribution in [0.5, 0.6) is 0 Å². The Morgan fingerprint density at radius 1 is 1.54 bits per heavy atom. The van der Waals surface area contributed by atoms with Crippen LogP contribution in [0.4, 0.5) is 5.82 Å². The maximum atomic E-state index is 5.71. The van der Waals surface area contributed by atoms with E-state index in [2.05, 4.69) is 15.3 Å². The molecule has 1 aromatic heterocycles. The average molecular weight is 201 g/mol. The number of halogens is 1. The summed E-state index contributed by atoms with van der Waals surface area (Å²) in [7, 11) is 3.87. The van der Waals surface area contributed by atoms with Crippen molar-refractivity contribution in [3.63, 3.8) is 0 Å². The van der Waals surface area contributed by atoms with Crippen LogP contribution in [-0.4, -0.2) is 37.2 Å². The first-order chi connectivity index (χ1) is 6.24. The van der Waals surface area contributed by atoms with Crippen molar-refractivity contribution in [3.05, 3.63) is 17.5 Å². The van der Waals surface area contributed by atoms with E-state index < -0.39 is 0 Å². The zero-order valence-electron chi connectivity index (χ0n) is 7.79. The summed E-state index contributed by atoms with van der Waals surface area (Å²) in [4.78, 5) is 10.1. The van der Waals surface area contributed by atoms with E-state index in [4.69, 9.17) is 11.6 Å². The van der Waals surface area contributed by atoms with Crippen LogP contribution in [0.25, 0.3) is 0 Å². The van der Waals surface area contributed by atoms with E-state index in [1.54, 1.807) is 6.20 Å². The number of hydrogen-bond acceptors (Lipinski definition) is 4. The lowest BCUT2D eigenvalue weighted by molar-refractivity contribution is 0.760. The van der Waals surface area contributed by atoms with Crippen molar-refractivity contribution in [2.75, 3.05) is 32.1 Å². The molecular formula is C8H13ClN4. The molecule has 1 rings (SSSR count). The van der Waals surface area contributed by atoms with Gasteiger partial charge in [0.1, 0.15) is 11.0 Å². The molecule has 0 saturated carbocycles. The minimum atomic E-state index is 0.425. The first-order valence-electron chi connectivity index (χ1n) is 4.07. The fourth-order valence-electron chi connectivity index (χ4n) is 0.911. The molecule has 0 aromatic carbocycles. The van der Waals surface area contributed by atoms with Crippen LogP contribution >= 0.6 is 11.6 Å². The van der Waals surface area contributed by atoms with Crippen molar-refractivity contribution in [2.24, 2.45) is 0 Å². The standard InChI is InChI=1S/C8H13ClN4/c1-10-3-4-13(2)8-6-11-5-7(9)12-8/h5-6,10H,3-4H2,1-2H3. The molecule has 13 heavy (non-hydrogen) atoms. The second-order valence-electron chi connectivity index (χ2n) is 2.73. The van der Waals surface area contributed by atoms with E-state index >= 15 is 0 Å². The van der Waals surface area contributed by atoms with Crippen molar-refractivity contribution in [2.45, 2.75) is 0 Å². The smallest absolute Gasteiger partial charge is 0.149 e. The summed E-state index contributed by atoms with van der Waals surface area (Å²) in [6.07, 6.45) is 3.22. The Hall–Kier alpha value is -0.870. The van der Waals surface area contributed by atoms with Crippen molar-refractivity contribution in [1.82, 2.24) is 15.3 Å². The molecule has 0 bridgehead atoms. The van der Waals surface area contributed by atoms with Crippen molar-refractivity contribution in [3.8, 4) is 0 Å². The molecule has 0 aliphatic heterocycles. The number of nitrogens with one attached hydrogen (secondary N) is 1. The Labute approximate surface area is 82.9 Å². The van der Waals surface area contributed by atoms with E-state index in [-0.39, 0.29) is 0 Å². The van der Waals surface area contributed by atoms with Gasteiger partial charge in [-0.05, 0) is 7.05 Å². The molecule has 0 amide bonds. The third-order valence-corrected chi connectivity index (χ3v) is 1.86. The fourth-order valence-corrected chi connectivity index (χ4v) is 1.05. The molecule has 1 heterocycles. The topological polar surface area (TPSA) is 41.0 Å². The van der Waals surface area contributed by atoms with Gasteiger partial charge in [0.15, 0.2) is 0 Å². The van der Waals surface area contributed by atoms with Crippen LogP contribution < -0.4 is 10.2 Å². The summed E-state index contributed by atoms with van der Waals surface area (Å²) in [5.74, 6) is 0.794. The third kappa shape index (κ3) is 3.16. The molecule has 72 valence electrons. The number of rotatable bonds is 4. The van der Waals surface area contributed by atoms with Gasteiger partial charge in [-0.15, -0.1) is 0 Å². The van der Waals surface area contributed by atoms with Gasteiger partial charge in [-0.25, -0.2) is 4.98 Å². The SMILES string of the molecule is CNCCN(C)c1cncc(Cl)n1. The lowest BCUT2D eigenvalue weighted by Crippen LogP contribution is -2.27. The maximum absolute atomic E-state index is 5.71. The molecule has 0 radical (unpaired) electrons. The fraction of sp³-hybridized carbons (Fsp3) is 0.500. The highest BCUT2D eigenvalue weighted by atomic mass is 35.5. The predicted octanol–water partition coefficient (Wildman–Crippen LogP) is 0.786. The third-order valence-electron chi connectivity index (χ3n) is 1.68. The number of aromatic nitrogens is 2. The Morgan fingerprint density at radius 2 is 2.31 bits per heavy atom. The second kappa shape index (κ2) is 4.99. The highest BCUT2D eigenvalue weighted by Crippen LogP contribution is 2.09. The molecule has 0 atom stereocenters. The highest BCUT2D eigenvalue weighted by molar-refractivity contribution is 6.29. The van der Waals surface area contributed by atoms with Gasteiger partial charge in [-0.2, -0.15) is 0 Å². The summed E-state index contributed by atoms with van der Waals surface area (Å²) in [5, 5.41) is 3.48. The lowest BCUT2D eigenvalue weighted by Gasteiger charge is -2.16. The molecule has 1 aromatic rings. The normalized spacial score (nSPS) is 10.1. The molecule has 4 nitrogen and oxygen atoms in total. The van der Waals surface area contributed by atoms with Crippen LogP contribution in [0, 0.1) is 0 Å². The Bertz CT molecular complexity index is 266. The van der Waals surface area contributed by atoms with Gasteiger partial charge in [0.25, 0.3) is 0 Å². The molecule has 1 N–H and O–H groups in total. The lowest BCUT2D eigenvalue weighted by atomic mass is 10.5. The summed E-state index contributed by atoms with van der Waals surface area (Å²) < 4.78 is 0. The number of hydrogen-bond donors (Lipinski definition) is 1. The quantitative estimate of drug-likeness (QED) is 0.780. The van der Waals surface area contributed by atoms with Gasteiger partial charge >= 0.3 is 0 Å². The summed E-state index contributed by atoms with van der Waals surface area (Å²) in [6.45, 7) is 1.79. The molecule has 0 unspecified atom stereocenters. The monoisotopic (exact) mass is 200 g/mol. The minimum absolute atomic E-state index is 0.425. The first-order valence-corrected chi connectivity index (χ1v) is 4.45. The van der Waals surface area contributed by atoms with Crippen LogP contribution in [-0.2, 0) is 0 Å². The second-order valence-corrected chi connectivity index (χ2v) is 3.11. The van der Waals surface area contributed by atoms with Gasteiger partial charge in [-0.3, -0.25) is 4.98 Å². The molecule has 0 spiro atoms. The van der Waals surface area contributed by atoms with Gasteiger partial charge in [0, 0.05) is 20.1 Å². The Morgan fingerprint density at radius 3 is 2.92 bits per heavy atom. The van der Waals surface area contributed by atoms with Crippen molar-refractivity contribution < 1.29 is 0 Å². The van der Waals surface area contributed by atoms with Gasteiger partial charge < -0.3 is 10.2 Å². The molecule has 0 aliphatic carbocycles. The van der Waals surface area contributed by atoms with Gasteiger partial charge in [0.05, 0.1) is 12.4 Å². The average Bonchev–Trinajstić information content (AvgIpc) is 2.14. The van der Waals surface area contributed by atoms with Crippen LogP contribution in [0.3, 0.4) is 0 Å². The zero-order valence-corrected chi connectivity index (χ0v) is 8.54. The summed E-state index contributed by atoms with van der Waals surface area (Å²) in [6, 6.07) is 0. The van der Waals surface area contributed by atoms with Crippen LogP contribution in [0.15, 0.2) is 12.4 Å². The summed E-state index contributed by atoms with van der Waals surface area (Å²) >= 11 is 5.71. The first kappa shape index (κ1) is 10.2. The predicted molar refractivity (Wildman–Crippen MR) is 54.2 cm³/mol. The van der Waals surface area contributed by atoms with E-state index in [9.17, 15) is 0 Å². The molecule has 0 aliphatic rings. The molecule has 5 heteroatoms. The number of nitrogens with zero attached hydrogens (tertiary/aromatic N) is 3. The van der Waals surface area contributed by atoms with Crippen molar-refractivity contribution in [1.29, 1.82) is 0 Å². The van der Waals surface area contributed by atoms with Crippen LogP contribution in [0.1, 0.15) is 0 Å². The minimum Gasteiger partial charge on any atom is -0.357 e. The molecular weight excluding hydrogens is 188 g/mol. The zero-order chi connectivity index (χ0) is 9.68. The number of anilines is 1. The Kier molecular flexibility index (Phi) is 3.92.